The lowest BCUT2D eigenvalue weighted by Crippen LogP contribution is -2.36. The summed E-state index contributed by atoms with van der Waals surface area (Å²) in [6, 6.07) is 13.3. The molecule has 0 aliphatic heterocycles. The molecule has 128 valence electrons. The van der Waals surface area contributed by atoms with Gasteiger partial charge in [-0.15, -0.1) is 0 Å². The van der Waals surface area contributed by atoms with Crippen LogP contribution in [0.2, 0.25) is 0 Å². The Hall–Kier alpha value is -3.35. The number of hydrogen-bond donors (Lipinski definition) is 2. The van der Waals surface area contributed by atoms with E-state index in [9.17, 15) is 9.59 Å². The zero-order chi connectivity index (χ0) is 17.5. The third-order valence-electron chi connectivity index (χ3n) is 3.53. The first-order valence-corrected chi connectivity index (χ1v) is 7.84. The summed E-state index contributed by atoms with van der Waals surface area (Å²) in [6.07, 6.45) is 4.68. The molecule has 0 aliphatic carbocycles. The molecule has 0 unspecified atom stereocenters. The molecular formula is C18H18N4O3. The maximum Gasteiger partial charge on any atom is 0.254 e. The van der Waals surface area contributed by atoms with Crippen molar-refractivity contribution >= 4 is 11.8 Å². The number of carbonyl (C=O) groups is 2. The Morgan fingerprint density at radius 3 is 2.68 bits per heavy atom. The Bertz CT molecular complexity index is 825. The van der Waals surface area contributed by atoms with E-state index in [-0.39, 0.29) is 24.9 Å². The van der Waals surface area contributed by atoms with Crippen LogP contribution in [0.3, 0.4) is 0 Å². The molecule has 7 heteroatoms. The van der Waals surface area contributed by atoms with Crippen LogP contribution >= 0.6 is 0 Å². The fraction of sp³-hybridized carbons (Fsp3) is 0.167. The Morgan fingerprint density at radius 2 is 1.92 bits per heavy atom. The van der Waals surface area contributed by atoms with Crippen LogP contribution in [0.1, 0.15) is 21.7 Å². The quantitative estimate of drug-likeness (QED) is 0.684. The van der Waals surface area contributed by atoms with E-state index in [4.69, 9.17) is 4.42 Å². The van der Waals surface area contributed by atoms with Gasteiger partial charge in [-0.05, 0) is 17.7 Å². The molecule has 2 heterocycles. The number of amides is 2. The molecule has 0 saturated carbocycles. The minimum atomic E-state index is -0.340. The molecule has 3 aromatic rings. The van der Waals surface area contributed by atoms with Crippen LogP contribution in [-0.2, 0) is 17.9 Å². The van der Waals surface area contributed by atoms with Crippen molar-refractivity contribution in [3.8, 4) is 0 Å². The Balaban J connectivity index is 1.46. The van der Waals surface area contributed by atoms with Gasteiger partial charge in [0.25, 0.3) is 5.91 Å². The SMILES string of the molecule is O=C(CNC(=O)c1cnn(Cc2ccccc2)c1)NCc1ccco1. The Kier molecular flexibility index (Phi) is 5.26. The molecule has 0 bridgehead atoms. The van der Waals surface area contributed by atoms with Gasteiger partial charge in [0.05, 0.1) is 37.7 Å². The third kappa shape index (κ3) is 4.81. The largest absolute Gasteiger partial charge is 0.467 e. The standard InChI is InChI=1S/C18H18N4O3/c23-17(19-10-16-7-4-8-25-16)11-20-18(24)15-9-21-22(13-15)12-14-5-2-1-3-6-14/h1-9,13H,10-12H2,(H,19,23)(H,20,24). The zero-order valence-electron chi connectivity index (χ0n) is 13.5. The molecular weight excluding hydrogens is 320 g/mol. The minimum absolute atomic E-state index is 0.108. The molecule has 0 fully saturated rings. The number of rotatable bonds is 7. The molecule has 0 atom stereocenters. The van der Waals surface area contributed by atoms with Crippen molar-refractivity contribution in [2.24, 2.45) is 0 Å². The molecule has 1 aromatic carbocycles. The summed E-state index contributed by atoms with van der Waals surface area (Å²) in [7, 11) is 0. The summed E-state index contributed by atoms with van der Waals surface area (Å²) in [6.45, 7) is 0.762. The topological polar surface area (TPSA) is 89.2 Å². The van der Waals surface area contributed by atoms with E-state index in [2.05, 4.69) is 15.7 Å². The Morgan fingerprint density at radius 1 is 1.08 bits per heavy atom. The van der Waals surface area contributed by atoms with Crippen molar-refractivity contribution in [2.75, 3.05) is 6.54 Å². The van der Waals surface area contributed by atoms with E-state index in [1.54, 1.807) is 23.0 Å². The van der Waals surface area contributed by atoms with Gasteiger partial charge in [-0.1, -0.05) is 30.3 Å². The van der Waals surface area contributed by atoms with Crippen molar-refractivity contribution in [1.29, 1.82) is 0 Å². The van der Waals surface area contributed by atoms with Gasteiger partial charge in [-0.25, -0.2) is 0 Å². The van der Waals surface area contributed by atoms with Crippen LogP contribution in [-0.4, -0.2) is 28.1 Å². The fourth-order valence-electron chi connectivity index (χ4n) is 2.26. The Labute approximate surface area is 144 Å². The number of benzene rings is 1. The number of nitrogens with one attached hydrogen (secondary N) is 2. The second kappa shape index (κ2) is 7.96. The average Bonchev–Trinajstić information content (AvgIpc) is 3.30. The number of furan rings is 1. The zero-order valence-corrected chi connectivity index (χ0v) is 13.5. The van der Waals surface area contributed by atoms with E-state index in [1.807, 2.05) is 30.3 Å². The van der Waals surface area contributed by atoms with Crippen LogP contribution in [0, 0.1) is 0 Å². The lowest BCUT2D eigenvalue weighted by Gasteiger charge is -2.04. The van der Waals surface area contributed by atoms with Gasteiger partial charge in [-0.2, -0.15) is 5.10 Å². The molecule has 2 N–H and O–H groups in total. The summed E-state index contributed by atoms with van der Waals surface area (Å²) >= 11 is 0. The van der Waals surface area contributed by atoms with Gasteiger partial charge in [0.15, 0.2) is 0 Å². The molecule has 2 amide bonds. The van der Waals surface area contributed by atoms with E-state index in [0.29, 0.717) is 17.9 Å². The first kappa shape index (κ1) is 16.5. The lowest BCUT2D eigenvalue weighted by atomic mass is 10.2. The van der Waals surface area contributed by atoms with Gasteiger partial charge in [0.2, 0.25) is 5.91 Å². The van der Waals surface area contributed by atoms with Crippen LogP contribution in [0.15, 0.2) is 65.5 Å². The molecule has 25 heavy (non-hydrogen) atoms. The number of carbonyl (C=O) groups excluding carboxylic acids is 2. The first-order chi connectivity index (χ1) is 12.2. The van der Waals surface area contributed by atoms with Crippen molar-refractivity contribution < 1.29 is 14.0 Å². The summed E-state index contributed by atoms with van der Waals surface area (Å²) in [4.78, 5) is 23.8. The van der Waals surface area contributed by atoms with E-state index < -0.39 is 0 Å². The predicted octanol–water partition coefficient (Wildman–Crippen LogP) is 1.57. The molecule has 0 saturated heterocycles. The molecule has 3 rings (SSSR count). The predicted molar refractivity (Wildman–Crippen MR) is 90.7 cm³/mol. The van der Waals surface area contributed by atoms with Crippen molar-refractivity contribution in [1.82, 2.24) is 20.4 Å². The number of nitrogens with zero attached hydrogens (tertiary/aromatic N) is 2. The van der Waals surface area contributed by atoms with Crippen LogP contribution < -0.4 is 10.6 Å². The average molecular weight is 338 g/mol. The van der Waals surface area contributed by atoms with E-state index in [1.165, 1.54) is 12.5 Å². The van der Waals surface area contributed by atoms with Crippen LogP contribution in [0.25, 0.3) is 0 Å². The lowest BCUT2D eigenvalue weighted by molar-refractivity contribution is -0.120. The summed E-state index contributed by atoms with van der Waals surface area (Å²) in [5.74, 6) is 0.0238. The van der Waals surface area contributed by atoms with Crippen molar-refractivity contribution in [2.45, 2.75) is 13.1 Å². The smallest absolute Gasteiger partial charge is 0.254 e. The fourth-order valence-corrected chi connectivity index (χ4v) is 2.26. The van der Waals surface area contributed by atoms with Gasteiger partial charge < -0.3 is 15.1 Å². The number of hydrogen-bond acceptors (Lipinski definition) is 4. The molecule has 0 radical (unpaired) electrons. The van der Waals surface area contributed by atoms with Crippen molar-refractivity contribution in [3.63, 3.8) is 0 Å². The minimum Gasteiger partial charge on any atom is -0.467 e. The summed E-state index contributed by atoms with van der Waals surface area (Å²) in [5.41, 5.74) is 1.50. The highest BCUT2D eigenvalue weighted by molar-refractivity contribution is 5.96. The normalized spacial score (nSPS) is 10.4. The molecule has 0 aliphatic rings. The summed E-state index contributed by atoms with van der Waals surface area (Å²) < 4.78 is 6.80. The maximum absolute atomic E-state index is 12.1. The highest BCUT2D eigenvalue weighted by atomic mass is 16.3. The molecule has 0 spiro atoms. The second-order valence-corrected chi connectivity index (χ2v) is 5.45. The van der Waals surface area contributed by atoms with Gasteiger partial charge >= 0.3 is 0 Å². The monoisotopic (exact) mass is 338 g/mol. The molecule has 2 aromatic heterocycles. The molecule has 7 nitrogen and oxygen atoms in total. The highest BCUT2D eigenvalue weighted by Crippen LogP contribution is 2.04. The van der Waals surface area contributed by atoms with Crippen molar-refractivity contribution in [3.05, 3.63) is 78.0 Å². The van der Waals surface area contributed by atoms with E-state index >= 15 is 0 Å². The van der Waals surface area contributed by atoms with Gasteiger partial charge in [0, 0.05) is 6.20 Å². The number of aromatic nitrogens is 2. The highest BCUT2D eigenvalue weighted by Gasteiger charge is 2.10. The van der Waals surface area contributed by atoms with Crippen LogP contribution in [0.5, 0.6) is 0 Å². The summed E-state index contributed by atoms with van der Waals surface area (Å²) in [5, 5.41) is 9.41. The first-order valence-electron chi connectivity index (χ1n) is 7.84. The van der Waals surface area contributed by atoms with Crippen LogP contribution in [0.4, 0.5) is 0 Å². The second-order valence-electron chi connectivity index (χ2n) is 5.45. The van der Waals surface area contributed by atoms with Gasteiger partial charge in [-0.3, -0.25) is 14.3 Å². The van der Waals surface area contributed by atoms with Gasteiger partial charge in [0.1, 0.15) is 5.76 Å². The van der Waals surface area contributed by atoms with E-state index in [0.717, 1.165) is 5.56 Å². The maximum atomic E-state index is 12.1. The third-order valence-corrected chi connectivity index (χ3v) is 3.53.